The van der Waals surface area contributed by atoms with E-state index in [1.54, 1.807) is 0 Å². The van der Waals surface area contributed by atoms with Gasteiger partial charge in [-0.3, -0.25) is 0 Å². The predicted molar refractivity (Wildman–Crippen MR) is 42.2 cm³/mol. The quantitative estimate of drug-likeness (QED) is 0.435. The molecule has 0 fully saturated rings. The van der Waals surface area contributed by atoms with Gasteiger partial charge in [0.15, 0.2) is 0 Å². The summed E-state index contributed by atoms with van der Waals surface area (Å²) < 4.78 is 0. The fraction of sp³-hybridized carbons (Fsp3) is 0.778. The zero-order valence-electron chi connectivity index (χ0n) is 6.54. The summed E-state index contributed by atoms with van der Waals surface area (Å²) in [6.07, 6.45) is 6.31. The van der Waals surface area contributed by atoms with Crippen LogP contribution < -0.4 is 0 Å². The van der Waals surface area contributed by atoms with Crippen LogP contribution in [0.1, 0.15) is 46.0 Å². The average Bonchev–Trinajstić information content (AvgIpc) is 2.21. The van der Waals surface area contributed by atoms with Gasteiger partial charge in [0.1, 0.15) is 0 Å². The first-order valence-corrected chi connectivity index (χ1v) is 3.96. The molecule has 0 spiro atoms. The van der Waals surface area contributed by atoms with Gasteiger partial charge in [0, 0.05) is 12.8 Å². The van der Waals surface area contributed by atoms with Crippen LogP contribution in [-0.4, -0.2) is 0 Å². The Morgan fingerprint density at radius 1 is 0.778 bits per heavy atom. The SMILES string of the molecule is C1#CCCCCC1.CC. The van der Waals surface area contributed by atoms with E-state index in [1.165, 1.54) is 19.3 Å². The van der Waals surface area contributed by atoms with Crippen molar-refractivity contribution in [2.24, 2.45) is 0 Å². The molecule has 0 N–H and O–H groups in total. The smallest absolute Gasteiger partial charge is 0.00886 e. The van der Waals surface area contributed by atoms with E-state index in [-0.39, 0.29) is 0 Å². The van der Waals surface area contributed by atoms with E-state index in [0.717, 1.165) is 12.8 Å². The van der Waals surface area contributed by atoms with Gasteiger partial charge in [0.2, 0.25) is 0 Å². The Hall–Kier alpha value is -0.440. The van der Waals surface area contributed by atoms with Crippen molar-refractivity contribution in [3.63, 3.8) is 0 Å². The van der Waals surface area contributed by atoms with E-state index in [1.807, 2.05) is 13.8 Å². The highest BCUT2D eigenvalue weighted by Gasteiger charge is 1.87. The van der Waals surface area contributed by atoms with Gasteiger partial charge in [0.05, 0.1) is 0 Å². The molecular weight excluding hydrogens is 108 g/mol. The van der Waals surface area contributed by atoms with Crippen molar-refractivity contribution >= 4 is 0 Å². The molecule has 0 radical (unpaired) electrons. The Labute approximate surface area is 58.7 Å². The highest BCUT2D eigenvalue weighted by atomic mass is 13.9. The predicted octanol–water partition coefficient (Wildman–Crippen LogP) is 2.98. The summed E-state index contributed by atoms with van der Waals surface area (Å²) >= 11 is 0. The summed E-state index contributed by atoms with van der Waals surface area (Å²) in [5, 5.41) is 0. The highest BCUT2D eigenvalue weighted by Crippen LogP contribution is 2.04. The topological polar surface area (TPSA) is 0 Å². The second-order valence-electron chi connectivity index (χ2n) is 1.91. The molecule has 0 aromatic rings. The Morgan fingerprint density at radius 3 is 1.67 bits per heavy atom. The van der Waals surface area contributed by atoms with E-state index in [0.29, 0.717) is 0 Å². The Morgan fingerprint density at radius 2 is 1.22 bits per heavy atom. The molecule has 0 unspecified atom stereocenters. The number of hydrogen-bond donors (Lipinski definition) is 0. The van der Waals surface area contributed by atoms with E-state index in [4.69, 9.17) is 0 Å². The number of hydrogen-bond acceptors (Lipinski definition) is 0. The van der Waals surface area contributed by atoms with Gasteiger partial charge in [-0.25, -0.2) is 0 Å². The third kappa shape index (κ3) is 5.43. The molecule has 0 nitrogen and oxygen atoms in total. The molecule has 0 heteroatoms. The molecule has 0 amide bonds. The fourth-order valence-corrected chi connectivity index (χ4v) is 0.780. The molecule has 0 atom stereocenters. The molecular formula is C9H16. The minimum Gasteiger partial charge on any atom is -0.103 e. The molecule has 52 valence electrons. The Balaban J connectivity index is 0.000000291. The van der Waals surface area contributed by atoms with E-state index in [2.05, 4.69) is 11.8 Å². The average molecular weight is 124 g/mol. The minimum atomic E-state index is 1.14. The van der Waals surface area contributed by atoms with Crippen LogP contribution in [0.15, 0.2) is 0 Å². The van der Waals surface area contributed by atoms with Crippen molar-refractivity contribution in [3.8, 4) is 11.8 Å². The third-order valence-corrected chi connectivity index (χ3v) is 1.23. The Bertz CT molecular complexity index is 82.3. The van der Waals surface area contributed by atoms with E-state index < -0.39 is 0 Å². The molecule has 0 heterocycles. The van der Waals surface area contributed by atoms with Gasteiger partial charge < -0.3 is 0 Å². The van der Waals surface area contributed by atoms with Crippen LogP contribution in [0.5, 0.6) is 0 Å². The lowest BCUT2D eigenvalue weighted by atomic mass is 10.2. The third-order valence-electron chi connectivity index (χ3n) is 1.23. The van der Waals surface area contributed by atoms with Crippen molar-refractivity contribution in [1.29, 1.82) is 0 Å². The summed E-state index contributed by atoms with van der Waals surface area (Å²) in [5.74, 6) is 6.19. The molecule has 0 bridgehead atoms. The van der Waals surface area contributed by atoms with Gasteiger partial charge in [-0.2, -0.15) is 0 Å². The van der Waals surface area contributed by atoms with Crippen molar-refractivity contribution in [3.05, 3.63) is 0 Å². The van der Waals surface area contributed by atoms with Crippen molar-refractivity contribution in [2.45, 2.75) is 46.0 Å². The van der Waals surface area contributed by atoms with E-state index >= 15 is 0 Å². The summed E-state index contributed by atoms with van der Waals surface area (Å²) in [7, 11) is 0. The lowest BCUT2D eigenvalue weighted by Crippen LogP contribution is -1.68. The summed E-state index contributed by atoms with van der Waals surface area (Å²) in [4.78, 5) is 0. The first-order valence-electron chi connectivity index (χ1n) is 3.96. The maximum atomic E-state index is 3.10. The van der Waals surface area contributed by atoms with Crippen molar-refractivity contribution in [2.75, 3.05) is 0 Å². The zero-order valence-corrected chi connectivity index (χ0v) is 6.54. The van der Waals surface area contributed by atoms with Crippen LogP contribution in [0.3, 0.4) is 0 Å². The van der Waals surface area contributed by atoms with Crippen LogP contribution in [0, 0.1) is 11.8 Å². The highest BCUT2D eigenvalue weighted by molar-refractivity contribution is 5.00. The molecule has 0 aromatic carbocycles. The second kappa shape index (κ2) is 7.56. The molecule has 1 rings (SSSR count). The molecule has 1 aliphatic carbocycles. The van der Waals surface area contributed by atoms with Gasteiger partial charge >= 0.3 is 0 Å². The van der Waals surface area contributed by atoms with E-state index in [9.17, 15) is 0 Å². The maximum Gasteiger partial charge on any atom is 0.00886 e. The standard InChI is InChI=1S/C7H10.C2H6/c1-2-4-6-7-5-3-1;1-2/h1-5H2;1-2H3. The van der Waals surface area contributed by atoms with Gasteiger partial charge in [0.25, 0.3) is 0 Å². The monoisotopic (exact) mass is 124 g/mol. The largest absolute Gasteiger partial charge is 0.103 e. The van der Waals surface area contributed by atoms with Crippen LogP contribution in [-0.2, 0) is 0 Å². The molecule has 0 aromatic heterocycles. The van der Waals surface area contributed by atoms with Crippen LogP contribution >= 0.6 is 0 Å². The van der Waals surface area contributed by atoms with Crippen LogP contribution in [0.25, 0.3) is 0 Å². The first kappa shape index (κ1) is 8.56. The lowest BCUT2D eigenvalue weighted by Gasteiger charge is -1.85. The minimum absolute atomic E-state index is 1.14. The molecule has 0 saturated heterocycles. The van der Waals surface area contributed by atoms with Gasteiger partial charge in [-0.15, -0.1) is 11.8 Å². The van der Waals surface area contributed by atoms with Gasteiger partial charge in [-0.1, -0.05) is 20.3 Å². The summed E-state index contributed by atoms with van der Waals surface area (Å²) in [6.45, 7) is 4.00. The normalized spacial score (nSPS) is 15.8. The second-order valence-corrected chi connectivity index (χ2v) is 1.91. The van der Waals surface area contributed by atoms with Crippen molar-refractivity contribution < 1.29 is 0 Å². The molecule has 0 aliphatic heterocycles. The molecule has 9 heavy (non-hydrogen) atoms. The fourth-order valence-electron chi connectivity index (χ4n) is 0.780. The van der Waals surface area contributed by atoms with Crippen LogP contribution in [0.2, 0.25) is 0 Å². The summed E-state index contributed by atoms with van der Waals surface area (Å²) in [6, 6.07) is 0. The molecule has 1 aliphatic rings. The first-order chi connectivity index (χ1) is 4.50. The van der Waals surface area contributed by atoms with Crippen LogP contribution in [0.4, 0.5) is 0 Å². The summed E-state index contributed by atoms with van der Waals surface area (Å²) in [5.41, 5.74) is 0. The maximum absolute atomic E-state index is 3.10. The number of rotatable bonds is 0. The molecule has 0 saturated carbocycles. The zero-order chi connectivity index (χ0) is 6.95. The van der Waals surface area contributed by atoms with Gasteiger partial charge in [-0.05, 0) is 12.8 Å². The van der Waals surface area contributed by atoms with Crippen molar-refractivity contribution in [1.82, 2.24) is 0 Å². The lowest BCUT2D eigenvalue weighted by molar-refractivity contribution is 0.722. The Kier molecular flexibility index (Phi) is 7.19.